The summed E-state index contributed by atoms with van der Waals surface area (Å²) in [5.41, 5.74) is 0. The lowest BCUT2D eigenvalue weighted by molar-refractivity contribution is 0.201. The van der Waals surface area contributed by atoms with Crippen LogP contribution in [0.15, 0.2) is 0 Å². The fourth-order valence-corrected chi connectivity index (χ4v) is 6.45. The van der Waals surface area contributed by atoms with Crippen LogP contribution in [0.4, 0.5) is 0 Å². The van der Waals surface area contributed by atoms with Gasteiger partial charge in [-0.05, 0) is 55.3 Å². The summed E-state index contributed by atoms with van der Waals surface area (Å²) in [6, 6.07) is 0. The van der Waals surface area contributed by atoms with Crippen molar-refractivity contribution in [3.63, 3.8) is 0 Å². The molecule has 20 heavy (non-hydrogen) atoms. The van der Waals surface area contributed by atoms with E-state index in [9.17, 15) is 0 Å². The zero-order valence-corrected chi connectivity index (χ0v) is 14.5. The lowest BCUT2D eigenvalue weighted by atomic mass is 9.73. The number of rotatable bonds is 1. The van der Waals surface area contributed by atoms with Gasteiger partial charge >= 0.3 is 0 Å². The lowest BCUT2D eigenvalue weighted by Crippen LogP contribution is -2.31. The van der Waals surface area contributed by atoms with Gasteiger partial charge in [-0.1, -0.05) is 58.8 Å². The first-order valence-corrected chi connectivity index (χ1v) is 9.76. The molecule has 6 unspecified atom stereocenters. The Morgan fingerprint density at radius 2 is 1.50 bits per heavy atom. The van der Waals surface area contributed by atoms with Gasteiger partial charge in [0.2, 0.25) is 0 Å². The van der Waals surface area contributed by atoms with Gasteiger partial charge < -0.3 is 0 Å². The molecule has 0 spiro atoms. The zero-order chi connectivity index (χ0) is 14.2. The smallest absolute Gasteiger partial charge is 0.0107 e. The lowest BCUT2D eigenvalue weighted by Gasteiger charge is -2.37. The van der Waals surface area contributed by atoms with E-state index >= 15 is 0 Å². The topological polar surface area (TPSA) is 0 Å². The molecular weight excluding hydrogens is 260 g/mol. The van der Waals surface area contributed by atoms with Crippen molar-refractivity contribution in [2.24, 2.45) is 29.6 Å². The number of hydrogen-bond acceptors (Lipinski definition) is 1. The molecule has 0 radical (unpaired) electrons. The molecule has 3 aliphatic carbocycles. The van der Waals surface area contributed by atoms with Gasteiger partial charge in [-0.2, -0.15) is 12.6 Å². The van der Waals surface area contributed by atoms with Crippen molar-refractivity contribution in [3.05, 3.63) is 0 Å². The van der Waals surface area contributed by atoms with E-state index in [2.05, 4.69) is 13.8 Å². The summed E-state index contributed by atoms with van der Waals surface area (Å²) in [5.74, 6) is 5.06. The quantitative estimate of drug-likeness (QED) is 0.554. The Hall–Kier alpha value is 0.350. The molecule has 3 aliphatic rings. The highest BCUT2D eigenvalue weighted by Gasteiger charge is 2.41. The third kappa shape index (κ3) is 3.23. The van der Waals surface area contributed by atoms with Gasteiger partial charge in [0, 0.05) is 4.75 Å². The average Bonchev–Trinajstić information content (AvgIpc) is 2.97. The van der Waals surface area contributed by atoms with Crippen LogP contribution >= 0.6 is 12.6 Å². The van der Waals surface area contributed by atoms with Crippen LogP contribution in [-0.4, -0.2) is 4.75 Å². The van der Waals surface area contributed by atoms with E-state index in [1.54, 1.807) is 0 Å². The highest BCUT2D eigenvalue weighted by Crippen LogP contribution is 2.51. The van der Waals surface area contributed by atoms with Gasteiger partial charge in [0.25, 0.3) is 0 Å². The van der Waals surface area contributed by atoms with Crippen LogP contribution in [-0.2, 0) is 0 Å². The number of fused-ring (bicyclic) bond motifs is 2. The van der Waals surface area contributed by atoms with Crippen molar-refractivity contribution in [2.75, 3.05) is 0 Å². The van der Waals surface area contributed by atoms with Gasteiger partial charge in [-0.25, -0.2) is 0 Å². The molecule has 0 aromatic rings. The summed E-state index contributed by atoms with van der Waals surface area (Å²) in [6.07, 6.45) is 16.3. The molecule has 116 valence electrons. The van der Waals surface area contributed by atoms with Crippen LogP contribution in [0.1, 0.15) is 84.5 Å². The van der Waals surface area contributed by atoms with E-state index in [0.29, 0.717) is 4.75 Å². The molecule has 0 aliphatic heterocycles. The molecule has 0 bridgehead atoms. The second-order valence-electron chi connectivity index (χ2n) is 8.46. The maximum absolute atomic E-state index is 5.16. The fraction of sp³-hybridized carbons (Fsp3) is 1.00. The Kier molecular flexibility index (Phi) is 4.75. The minimum atomic E-state index is 0.297. The molecule has 3 saturated carbocycles. The monoisotopic (exact) mass is 294 g/mol. The van der Waals surface area contributed by atoms with Crippen LogP contribution in [0.3, 0.4) is 0 Å². The minimum absolute atomic E-state index is 0.297. The standard InChI is InChI=1S/C19H34S/c1-3-14-10-11-16-8-4-6-15-7-5-9-17(15)12-19(2,20)13-18(14)16/h14-18,20H,3-13H2,1-2H3. The van der Waals surface area contributed by atoms with Crippen molar-refractivity contribution >= 4 is 12.6 Å². The molecule has 3 fully saturated rings. The second-order valence-corrected chi connectivity index (χ2v) is 9.54. The molecule has 6 atom stereocenters. The third-order valence-electron chi connectivity index (χ3n) is 6.99. The van der Waals surface area contributed by atoms with E-state index in [-0.39, 0.29) is 0 Å². The second kappa shape index (κ2) is 6.23. The molecule has 1 heteroatoms. The summed E-state index contributed by atoms with van der Waals surface area (Å²) >= 11 is 5.16. The van der Waals surface area contributed by atoms with Gasteiger partial charge in [-0.3, -0.25) is 0 Å². The van der Waals surface area contributed by atoms with Crippen molar-refractivity contribution in [1.29, 1.82) is 0 Å². The first kappa shape index (κ1) is 15.3. The van der Waals surface area contributed by atoms with E-state index < -0.39 is 0 Å². The first-order chi connectivity index (χ1) is 9.59. The SMILES string of the molecule is CCC1CCC2CCCC3CCCC3CC(C)(S)CC12. The van der Waals surface area contributed by atoms with Gasteiger partial charge in [-0.15, -0.1) is 0 Å². The average molecular weight is 295 g/mol. The van der Waals surface area contributed by atoms with Crippen LogP contribution in [0, 0.1) is 29.6 Å². The molecule has 0 aromatic carbocycles. The van der Waals surface area contributed by atoms with E-state index in [1.807, 2.05) is 0 Å². The molecule has 0 amide bonds. The Balaban J connectivity index is 1.75. The van der Waals surface area contributed by atoms with E-state index in [1.165, 1.54) is 70.6 Å². The first-order valence-electron chi connectivity index (χ1n) is 9.31. The fourth-order valence-electron chi connectivity index (χ4n) is 6.00. The zero-order valence-electron chi connectivity index (χ0n) is 13.6. The van der Waals surface area contributed by atoms with E-state index in [4.69, 9.17) is 12.6 Å². The highest BCUT2D eigenvalue weighted by atomic mass is 32.1. The van der Waals surface area contributed by atoms with Crippen molar-refractivity contribution in [2.45, 2.75) is 89.2 Å². The molecule has 3 rings (SSSR count). The summed E-state index contributed by atoms with van der Waals surface area (Å²) < 4.78 is 0.297. The summed E-state index contributed by atoms with van der Waals surface area (Å²) in [4.78, 5) is 0. The Morgan fingerprint density at radius 3 is 2.20 bits per heavy atom. The summed E-state index contributed by atoms with van der Waals surface area (Å²) in [7, 11) is 0. The Morgan fingerprint density at radius 1 is 0.850 bits per heavy atom. The van der Waals surface area contributed by atoms with Crippen LogP contribution in [0.25, 0.3) is 0 Å². The number of hydrogen-bond donors (Lipinski definition) is 1. The number of thiol groups is 1. The van der Waals surface area contributed by atoms with Gasteiger partial charge in [0.05, 0.1) is 0 Å². The predicted octanol–water partition coefficient (Wildman–Crippen LogP) is 6.11. The summed E-state index contributed by atoms with van der Waals surface area (Å²) in [5, 5.41) is 0. The minimum Gasteiger partial charge on any atom is -0.173 e. The molecule has 0 N–H and O–H groups in total. The van der Waals surface area contributed by atoms with Crippen molar-refractivity contribution in [1.82, 2.24) is 0 Å². The largest absolute Gasteiger partial charge is 0.173 e. The van der Waals surface area contributed by atoms with Gasteiger partial charge in [0.15, 0.2) is 0 Å². The maximum Gasteiger partial charge on any atom is 0.0107 e. The third-order valence-corrected chi connectivity index (χ3v) is 7.35. The highest BCUT2D eigenvalue weighted by molar-refractivity contribution is 7.81. The Bertz CT molecular complexity index is 322. The predicted molar refractivity (Wildman–Crippen MR) is 91.3 cm³/mol. The molecule has 0 nitrogen and oxygen atoms in total. The van der Waals surface area contributed by atoms with Crippen LogP contribution in [0.5, 0.6) is 0 Å². The molecule has 0 heterocycles. The summed E-state index contributed by atoms with van der Waals surface area (Å²) in [6.45, 7) is 4.87. The van der Waals surface area contributed by atoms with Crippen LogP contribution in [0.2, 0.25) is 0 Å². The van der Waals surface area contributed by atoms with Gasteiger partial charge in [0.1, 0.15) is 0 Å². The molecule has 0 aromatic heterocycles. The van der Waals surface area contributed by atoms with Crippen molar-refractivity contribution < 1.29 is 0 Å². The maximum atomic E-state index is 5.16. The van der Waals surface area contributed by atoms with Crippen molar-refractivity contribution in [3.8, 4) is 0 Å². The molecule has 0 saturated heterocycles. The normalized spacial score (nSPS) is 49.6. The van der Waals surface area contributed by atoms with Crippen LogP contribution < -0.4 is 0 Å². The Labute approximate surface area is 131 Å². The van der Waals surface area contributed by atoms with E-state index in [0.717, 1.165) is 29.6 Å². The molecular formula is C19H34S.